The lowest BCUT2D eigenvalue weighted by Crippen LogP contribution is -2.37. The second-order valence-electron chi connectivity index (χ2n) is 5.64. The number of carbonyl (C=O) groups excluding carboxylic acids is 1. The highest BCUT2D eigenvalue weighted by Crippen LogP contribution is 2.25. The zero-order chi connectivity index (χ0) is 16.3. The summed E-state index contributed by atoms with van der Waals surface area (Å²) >= 11 is 5.86. The van der Waals surface area contributed by atoms with E-state index in [1.54, 1.807) is 32.0 Å². The Labute approximate surface area is 133 Å². The fraction of sp³-hybridized carbons (Fsp3) is 0.235. The molecule has 0 aliphatic heterocycles. The van der Waals surface area contributed by atoms with Crippen molar-refractivity contribution < 1.29 is 13.6 Å². The molecule has 0 aliphatic carbocycles. The zero-order valence-electron chi connectivity index (χ0n) is 12.3. The van der Waals surface area contributed by atoms with Gasteiger partial charge in [0.1, 0.15) is 11.6 Å². The van der Waals surface area contributed by atoms with Gasteiger partial charge in [-0.05, 0) is 23.8 Å². The molecule has 0 fully saturated rings. The van der Waals surface area contributed by atoms with Crippen LogP contribution in [0.2, 0.25) is 5.02 Å². The molecule has 5 heteroatoms. The van der Waals surface area contributed by atoms with Crippen LogP contribution in [0.1, 0.15) is 29.8 Å². The fourth-order valence-corrected chi connectivity index (χ4v) is 2.46. The van der Waals surface area contributed by atoms with Gasteiger partial charge < -0.3 is 5.32 Å². The Morgan fingerprint density at radius 3 is 2.36 bits per heavy atom. The van der Waals surface area contributed by atoms with Gasteiger partial charge in [-0.25, -0.2) is 8.78 Å². The van der Waals surface area contributed by atoms with E-state index in [1.165, 1.54) is 24.3 Å². The summed E-state index contributed by atoms with van der Waals surface area (Å²) in [4.78, 5) is 12.1. The van der Waals surface area contributed by atoms with Crippen LogP contribution in [0.4, 0.5) is 8.78 Å². The predicted molar refractivity (Wildman–Crippen MR) is 83.2 cm³/mol. The van der Waals surface area contributed by atoms with Crippen LogP contribution in [0.25, 0.3) is 0 Å². The van der Waals surface area contributed by atoms with Gasteiger partial charge in [0.25, 0.3) is 5.91 Å². The molecular formula is C17H16ClF2NO. The number of nitrogens with one attached hydrogen (secondary N) is 1. The Balaban J connectivity index is 2.16. The Hall–Kier alpha value is -1.94. The van der Waals surface area contributed by atoms with Crippen LogP contribution in [-0.2, 0) is 5.41 Å². The van der Waals surface area contributed by atoms with Crippen LogP contribution < -0.4 is 5.32 Å². The van der Waals surface area contributed by atoms with Crippen molar-refractivity contribution in [2.75, 3.05) is 6.54 Å². The van der Waals surface area contributed by atoms with Crippen molar-refractivity contribution in [1.29, 1.82) is 0 Å². The van der Waals surface area contributed by atoms with E-state index in [1.807, 2.05) is 0 Å². The number of hydrogen-bond donors (Lipinski definition) is 1. The van der Waals surface area contributed by atoms with Gasteiger partial charge in [0.05, 0.1) is 10.6 Å². The van der Waals surface area contributed by atoms with Crippen molar-refractivity contribution in [3.63, 3.8) is 0 Å². The number of halogens is 3. The highest BCUT2D eigenvalue weighted by atomic mass is 35.5. The lowest BCUT2D eigenvalue weighted by Gasteiger charge is -2.26. The summed E-state index contributed by atoms with van der Waals surface area (Å²) in [7, 11) is 0. The maximum Gasteiger partial charge on any atom is 0.255 e. The maximum absolute atomic E-state index is 13.9. The van der Waals surface area contributed by atoms with Gasteiger partial charge in [0.2, 0.25) is 0 Å². The topological polar surface area (TPSA) is 29.1 Å². The molecule has 0 bridgehead atoms. The first-order chi connectivity index (χ1) is 10.3. The molecule has 0 atom stereocenters. The summed E-state index contributed by atoms with van der Waals surface area (Å²) in [6.07, 6.45) is 0. The van der Waals surface area contributed by atoms with Gasteiger partial charge in [-0.2, -0.15) is 0 Å². The minimum Gasteiger partial charge on any atom is -0.351 e. The normalized spacial score (nSPS) is 11.3. The van der Waals surface area contributed by atoms with Crippen molar-refractivity contribution in [2.45, 2.75) is 19.3 Å². The molecule has 2 aromatic carbocycles. The van der Waals surface area contributed by atoms with Gasteiger partial charge >= 0.3 is 0 Å². The minimum atomic E-state index is -0.686. The minimum absolute atomic E-state index is 0.0428. The maximum atomic E-state index is 13.9. The van der Waals surface area contributed by atoms with Gasteiger partial charge in [-0.3, -0.25) is 4.79 Å². The molecule has 1 N–H and O–H groups in total. The molecule has 2 aromatic rings. The largest absolute Gasteiger partial charge is 0.351 e. The van der Waals surface area contributed by atoms with E-state index in [9.17, 15) is 13.6 Å². The molecule has 2 nitrogen and oxygen atoms in total. The average molecular weight is 324 g/mol. The van der Waals surface area contributed by atoms with Gasteiger partial charge in [-0.15, -0.1) is 0 Å². The molecule has 0 saturated heterocycles. The predicted octanol–water partition coefficient (Wildman–Crippen LogP) is 4.33. The molecule has 22 heavy (non-hydrogen) atoms. The molecule has 0 radical (unpaired) electrons. The number of benzene rings is 2. The first kappa shape index (κ1) is 16.4. The van der Waals surface area contributed by atoms with E-state index in [0.717, 1.165) is 0 Å². The number of rotatable bonds is 4. The smallest absolute Gasteiger partial charge is 0.255 e. The van der Waals surface area contributed by atoms with Crippen LogP contribution in [0.15, 0.2) is 42.5 Å². The first-order valence-corrected chi connectivity index (χ1v) is 7.18. The van der Waals surface area contributed by atoms with Crippen molar-refractivity contribution in [1.82, 2.24) is 5.32 Å². The van der Waals surface area contributed by atoms with Gasteiger partial charge in [0.15, 0.2) is 0 Å². The van der Waals surface area contributed by atoms with Crippen LogP contribution >= 0.6 is 11.6 Å². The molecule has 116 valence electrons. The van der Waals surface area contributed by atoms with E-state index >= 15 is 0 Å². The number of amides is 1. The van der Waals surface area contributed by atoms with Crippen LogP contribution in [0.5, 0.6) is 0 Å². The summed E-state index contributed by atoms with van der Waals surface area (Å²) in [5.41, 5.74) is -0.359. The lowest BCUT2D eigenvalue weighted by atomic mass is 9.84. The molecule has 0 aromatic heterocycles. The SMILES string of the molecule is CC(C)(CNC(=O)c1c(F)cccc1Cl)c1ccccc1F. The molecule has 0 heterocycles. The molecule has 0 saturated carbocycles. The summed E-state index contributed by atoms with van der Waals surface area (Å²) in [5.74, 6) is -1.65. The molecule has 0 aliphatic rings. The lowest BCUT2D eigenvalue weighted by molar-refractivity contribution is 0.0941. The summed E-state index contributed by atoms with van der Waals surface area (Å²) in [6, 6.07) is 10.4. The zero-order valence-corrected chi connectivity index (χ0v) is 13.0. The standard InChI is InChI=1S/C17H16ClF2NO/c1-17(2,11-6-3-4-8-13(11)19)10-21-16(22)15-12(18)7-5-9-14(15)20/h3-9H,10H2,1-2H3,(H,21,22). The fourth-order valence-electron chi connectivity index (χ4n) is 2.21. The quantitative estimate of drug-likeness (QED) is 0.891. The second kappa shape index (κ2) is 6.44. The highest BCUT2D eigenvalue weighted by Gasteiger charge is 2.25. The monoisotopic (exact) mass is 323 g/mol. The van der Waals surface area contributed by atoms with E-state index in [4.69, 9.17) is 11.6 Å². The van der Waals surface area contributed by atoms with Crippen molar-refractivity contribution in [3.05, 3.63) is 70.2 Å². The highest BCUT2D eigenvalue weighted by molar-refractivity contribution is 6.33. The second-order valence-corrected chi connectivity index (χ2v) is 6.05. The Bertz CT molecular complexity index is 681. The Morgan fingerprint density at radius 1 is 1.09 bits per heavy atom. The van der Waals surface area contributed by atoms with Crippen LogP contribution in [0, 0.1) is 11.6 Å². The van der Waals surface area contributed by atoms with Crippen LogP contribution in [-0.4, -0.2) is 12.5 Å². The van der Waals surface area contributed by atoms with Crippen LogP contribution in [0.3, 0.4) is 0 Å². The molecule has 1 amide bonds. The Morgan fingerprint density at radius 2 is 1.73 bits per heavy atom. The van der Waals surface area contributed by atoms with Crippen molar-refractivity contribution in [3.8, 4) is 0 Å². The first-order valence-electron chi connectivity index (χ1n) is 6.80. The summed E-state index contributed by atoms with van der Waals surface area (Å²) < 4.78 is 27.6. The number of carbonyl (C=O) groups is 1. The third-order valence-corrected chi connectivity index (χ3v) is 3.80. The van der Waals surface area contributed by atoms with Crippen molar-refractivity contribution in [2.24, 2.45) is 0 Å². The third-order valence-electron chi connectivity index (χ3n) is 3.48. The number of hydrogen-bond acceptors (Lipinski definition) is 1. The van der Waals surface area contributed by atoms with E-state index in [-0.39, 0.29) is 22.9 Å². The van der Waals surface area contributed by atoms with E-state index in [0.29, 0.717) is 5.56 Å². The Kier molecular flexibility index (Phi) is 4.81. The van der Waals surface area contributed by atoms with E-state index in [2.05, 4.69) is 5.32 Å². The molecule has 2 rings (SSSR count). The summed E-state index contributed by atoms with van der Waals surface area (Å²) in [6.45, 7) is 3.75. The molecule has 0 spiro atoms. The molecule has 0 unspecified atom stereocenters. The van der Waals surface area contributed by atoms with Gasteiger partial charge in [0, 0.05) is 12.0 Å². The van der Waals surface area contributed by atoms with E-state index < -0.39 is 17.1 Å². The third kappa shape index (κ3) is 3.45. The average Bonchev–Trinajstić information content (AvgIpc) is 2.45. The van der Waals surface area contributed by atoms with Crippen molar-refractivity contribution >= 4 is 17.5 Å². The van der Waals surface area contributed by atoms with Gasteiger partial charge in [-0.1, -0.05) is 49.7 Å². The molecular weight excluding hydrogens is 308 g/mol. The summed E-state index contributed by atoms with van der Waals surface area (Å²) in [5, 5.41) is 2.66.